The molecule has 0 radical (unpaired) electrons. The number of carbonyl (C=O) groups is 1. The molecule has 1 fully saturated rings. The molecule has 0 atom stereocenters. The molecule has 1 amide bonds. The molecule has 3 aromatic carbocycles. The van der Waals surface area contributed by atoms with Crippen LogP contribution in [0.2, 0.25) is 0 Å². The fourth-order valence-electron chi connectivity index (χ4n) is 4.61. The Hall–Kier alpha value is -3.36. The lowest BCUT2D eigenvalue weighted by Gasteiger charge is -2.27. The first-order chi connectivity index (χ1) is 16.4. The van der Waals surface area contributed by atoms with Gasteiger partial charge in [-0.1, -0.05) is 24.3 Å². The van der Waals surface area contributed by atoms with Crippen molar-refractivity contribution >= 4 is 43.4 Å². The highest BCUT2D eigenvalue weighted by Crippen LogP contribution is 2.31. The van der Waals surface area contributed by atoms with Gasteiger partial charge in [0.25, 0.3) is 15.9 Å². The molecule has 0 unspecified atom stereocenters. The minimum absolute atomic E-state index is 0.0609. The van der Waals surface area contributed by atoms with Crippen molar-refractivity contribution in [1.82, 2.24) is 9.47 Å². The number of amides is 1. The number of morpholine rings is 1. The third-order valence-corrected chi connectivity index (χ3v) is 7.77. The normalized spacial score (nSPS) is 14.6. The molecule has 0 bridgehead atoms. The molecule has 5 rings (SSSR count). The van der Waals surface area contributed by atoms with Crippen molar-refractivity contribution in [2.75, 3.05) is 31.0 Å². The SMILES string of the molecule is CCn1c2ccccc2c2cc(NS(=O)(=O)c3ccc(C)c(C(=O)N4CCOCC4)c3)ccc21. The number of carbonyl (C=O) groups excluding carboxylic acids is 1. The van der Waals surface area contributed by atoms with Crippen LogP contribution in [0, 0.1) is 6.92 Å². The van der Waals surface area contributed by atoms with Crippen LogP contribution in [0.4, 0.5) is 5.69 Å². The van der Waals surface area contributed by atoms with E-state index in [9.17, 15) is 13.2 Å². The first-order valence-corrected chi connectivity index (χ1v) is 12.9. The minimum atomic E-state index is -3.89. The van der Waals surface area contributed by atoms with Crippen LogP contribution < -0.4 is 4.72 Å². The van der Waals surface area contributed by atoms with Gasteiger partial charge in [-0.3, -0.25) is 9.52 Å². The number of fused-ring (bicyclic) bond motifs is 3. The molecule has 0 spiro atoms. The first-order valence-electron chi connectivity index (χ1n) is 11.4. The van der Waals surface area contributed by atoms with Gasteiger partial charge in [-0.25, -0.2) is 8.42 Å². The summed E-state index contributed by atoms with van der Waals surface area (Å²) < 4.78 is 36.8. The Labute approximate surface area is 199 Å². The van der Waals surface area contributed by atoms with E-state index in [-0.39, 0.29) is 10.8 Å². The first kappa shape index (κ1) is 22.4. The quantitative estimate of drug-likeness (QED) is 0.462. The zero-order valence-corrected chi connectivity index (χ0v) is 20.1. The summed E-state index contributed by atoms with van der Waals surface area (Å²) in [7, 11) is -3.89. The van der Waals surface area contributed by atoms with Crippen LogP contribution in [0.25, 0.3) is 21.8 Å². The van der Waals surface area contributed by atoms with E-state index in [2.05, 4.69) is 22.3 Å². The number of para-hydroxylation sites is 1. The number of benzene rings is 3. The molecule has 34 heavy (non-hydrogen) atoms. The van der Waals surface area contributed by atoms with Crippen molar-refractivity contribution < 1.29 is 17.9 Å². The summed E-state index contributed by atoms with van der Waals surface area (Å²) in [6.45, 7) is 6.70. The van der Waals surface area contributed by atoms with Gasteiger partial charge in [0.15, 0.2) is 0 Å². The van der Waals surface area contributed by atoms with Crippen molar-refractivity contribution in [2.45, 2.75) is 25.3 Å². The van der Waals surface area contributed by atoms with Gasteiger partial charge in [-0.05, 0) is 55.8 Å². The van der Waals surface area contributed by atoms with Crippen LogP contribution in [0.1, 0.15) is 22.8 Å². The Bertz CT molecular complexity index is 1500. The number of rotatable bonds is 5. The maximum absolute atomic E-state index is 13.3. The van der Waals surface area contributed by atoms with Crippen LogP contribution in [0.3, 0.4) is 0 Å². The number of aromatic nitrogens is 1. The number of hydrogen-bond donors (Lipinski definition) is 1. The van der Waals surface area contributed by atoms with Crippen LogP contribution in [-0.2, 0) is 21.3 Å². The van der Waals surface area contributed by atoms with Crippen LogP contribution in [-0.4, -0.2) is 50.1 Å². The molecule has 176 valence electrons. The Morgan fingerprint density at radius 2 is 1.71 bits per heavy atom. The second kappa shape index (κ2) is 8.77. The highest BCUT2D eigenvalue weighted by molar-refractivity contribution is 7.92. The molecule has 0 aliphatic carbocycles. The van der Waals surface area contributed by atoms with E-state index in [0.29, 0.717) is 37.6 Å². The summed E-state index contributed by atoms with van der Waals surface area (Å²) in [5.41, 5.74) is 3.79. The zero-order valence-electron chi connectivity index (χ0n) is 19.2. The predicted molar refractivity (Wildman–Crippen MR) is 134 cm³/mol. The highest BCUT2D eigenvalue weighted by atomic mass is 32.2. The number of nitrogens with one attached hydrogen (secondary N) is 1. The fourth-order valence-corrected chi connectivity index (χ4v) is 5.68. The standard InChI is InChI=1S/C26H27N3O4S/c1-3-29-24-7-5-4-6-21(24)23-16-19(9-11-25(23)29)27-34(31,32)20-10-8-18(2)22(17-20)26(30)28-12-14-33-15-13-28/h4-11,16-17,27H,3,12-15H2,1-2H3. The molecule has 1 aromatic heterocycles. The maximum Gasteiger partial charge on any atom is 0.261 e. The van der Waals surface area contributed by atoms with Crippen LogP contribution in [0.5, 0.6) is 0 Å². The third-order valence-electron chi connectivity index (χ3n) is 6.39. The second-order valence-electron chi connectivity index (χ2n) is 8.48. The smallest absolute Gasteiger partial charge is 0.261 e. The molecule has 1 N–H and O–H groups in total. The molecule has 1 saturated heterocycles. The Kier molecular flexibility index (Phi) is 5.79. The fraction of sp³-hybridized carbons (Fsp3) is 0.269. The Morgan fingerprint density at radius 3 is 2.47 bits per heavy atom. The van der Waals surface area contributed by atoms with Crippen molar-refractivity contribution in [3.63, 3.8) is 0 Å². The minimum Gasteiger partial charge on any atom is -0.378 e. The molecule has 7 nitrogen and oxygen atoms in total. The van der Waals surface area contributed by atoms with Crippen LogP contribution >= 0.6 is 0 Å². The molecule has 4 aromatic rings. The third kappa shape index (κ3) is 3.93. The number of anilines is 1. The molecule has 1 aliphatic heterocycles. The summed E-state index contributed by atoms with van der Waals surface area (Å²) in [6.07, 6.45) is 0. The van der Waals surface area contributed by atoms with E-state index in [1.807, 2.05) is 37.3 Å². The number of hydrogen-bond acceptors (Lipinski definition) is 4. The average molecular weight is 478 g/mol. The predicted octanol–water partition coefficient (Wildman–Crippen LogP) is 4.40. The average Bonchev–Trinajstić information content (AvgIpc) is 3.17. The van der Waals surface area contributed by atoms with E-state index >= 15 is 0 Å². The number of nitrogens with zero attached hydrogens (tertiary/aromatic N) is 2. The summed E-state index contributed by atoms with van der Waals surface area (Å²) in [5.74, 6) is -0.174. The molecule has 0 saturated carbocycles. The monoisotopic (exact) mass is 477 g/mol. The van der Waals surface area contributed by atoms with Gasteiger partial charge in [0.2, 0.25) is 0 Å². The van der Waals surface area contributed by atoms with Crippen molar-refractivity contribution in [1.29, 1.82) is 0 Å². The van der Waals surface area contributed by atoms with Crippen LogP contribution in [0.15, 0.2) is 65.6 Å². The molecule has 1 aliphatic rings. The van der Waals surface area contributed by atoms with E-state index in [4.69, 9.17) is 4.74 Å². The van der Waals surface area contributed by atoms with Gasteiger partial charge in [0, 0.05) is 52.7 Å². The molecule has 8 heteroatoms. The summed E-state index contributed by atoms with van der Waals surface area (Å²) in [6, 6.07) is 18.4. The largest absolute Gasteiger partial charge is 0.378 e. The van der Waals surface area contributed by atoms with E-state index < -0.39 is 10.0 Å². The van der Waals surface area contributed by atoms with E-state index in [0.717, 1.165) is 33.9 Å². The van der Waals surface area contributed by atoms with E-state index in [1.165, 1.54) is 12.1 Å². The maximum atomic E-state index is 13.3. The van der Waals surface area contributed by atoms with Crippen molar-refractivity contribution in [3.05, 3.63) is 71.8 Å². The summed E-state index contributed by atoms with van der Waals surface area (Å²) >= 11 is 0. The molecule has 2 heterocycles. The lowest BCUT2D eigenvalue weighted by molar-refractivity contribution is 0.0302. The second-order valence-corrected chi connectivity index (χ2v) is 10.2. The van der Waals surface area contributed by atoms with Crippen molar-refractivity contribution in [3.8, 4) is 0 Å². The molecular formula is C26H27N3O4S. The highest BCUT2D eigenvalue weighted by Gasteiger charge is 2.23. The van der Waals surface area contributed by atoms with Gasteiger partial charge in [0.05, 0.1) is 18.1 Å². The van der Waals surface area contributed by atoms with Crippen molar-refractivity contribution in [2.24, 2.45) is 0 Å². The lowest BCUT2D eigenvalue weighted by Crippen LogP contribution is -2.41. The van der Waals surface area contributed by atoms with Gasteiger partial charge < -0.3 is 14.2 Å². The molecular weight excluding hydrogens is 450 g/mol. The lowest BCUT2D eigenvalue weighted by atomic mass is 10.1. The zero-order chi connectivity index (χ0) is 23.9. The van der Waals surface area contributed by atoms with Gasteiger partial charge >= 0.3 is 0 Å². The number of ether oxygens (including phenoxy) is 1. The Morgan fingerprint density at radius 1 is 0.971 bits per heavy atom. The summed E-state index contributed by atoms with van der Waals surface area (Å²) in [5, 5.41) is 2.07. The van der Waals surface area contributed by atoms with Gasteiger partial charge in [-0.2, -0.15) is 0 Å². The number of aryl methyl sites for hydroxylation is 2. The summed E-state index contributed by atoms with van der Waals surface area (Å²) in [4.78, 5) is 14.8. The number of sulfonamides is 1. The Balaban J connectivity index is 1.49. The van der Waals surface area contributed by atoms with Gasteiger partial charge in [-0.15, -0.1) is 0 Å². The van der Waals surface area contributed by atoms with E-state index in [1.54, 1.807) is 17.0 Å². The van der Waals surface area contributed by atoms with Gasteiger partial charge in [0.1, 0.15) is 0 Å². The topological polar surface area (TPSA) is 80.6 Å².